The van der Waals surface area contributed by atoms with Crippen molar-refractivity contribution < 1.29 is 4.79 Å². The second kappa shape index (κ2) is 3.82. The van der Waals surface area contributed by atoms with Crippen molar-refractivity contribution in [2.75, 3.05) is 0 Å². The van der Waals surface area contributed by atoms with Gasteiger partial charge < -0.3 is 0 Å². The number of pyridine rings is 1. The number of hydrazine groups is 1. The van der Waals surface area contributed by atoms with Crippen molar-refractivity contribution in [1.82, 2.24) is 14.8 Å². The highest BCUT2D eigenvalue weighted by Crippen LogP contribution is 2.21. The van der Waals surface area contributed by atoms with Crippen LogP contribution in [0.4, 0.5) is 0 Å². The summed E-state index contributed by atoms with van der Waals surface area (Å²) in [7, 11) is 0. The Morgan fingerprint density at radius 3 is 2.89 bits per heavy atom. The molecule has 1 amide bonds. The molecular weight excluding hydrogens is 228 g/mol. The number of imidazole rings is 1. The molecule has 90 valence electrons. The summed E-state index contributed by atoms with van der Waals surface area (Å²) in [5.74, 6) is 4.86. The number of fused-ring (bicyclic) bond motifs is 3. The first-order valence-electron chi connectivity index (χ1n) is 5.59. The predicted molar refractivity (Wildman–Crippen MR) is 69.1 cm³/mol. The number of nitrogens with one attached hydrogen (secondary N) is 1. The van der Waals surface area contributed by atoms with E-state index in [1.807, 2.05) is 36.5 Å². The quantitative estimate of drug-likeness (QED) is 0.383. The highest BCUT2D eigenvalue weighted by atomic mass is 16.2. The molecule has 0 bridgehead atoms. The predicted octanol–water partition coefficient (Wildman–Crippen LogP) is 1.40. The zero-order valence-corrected chi connectivity index (χ0v) is 9.84. The third kappa shape index (κ3) is 1.38. The largest absolute Gasteiger partial charge is 0.295 e. The van der Waals surface area contributed by atoms with Gasteiger partial charge in [-0.3, -0.25) is 14.6 Å². The molecule has 5 nitrogen and oxygen atoms in total. The van der Waals surface area contributed by atoms with Gasteiger partial charge in [-0.05, 0) is 18.4 Å². The first-order chi connectivity index (χ1) is 8.72. The van der Waals surface area contributed by atoms with Crippen LogP contribution in [0.3, 0.4) is 0 Å². The van der Waals surface area contributed by atoms with E-state index in [1.54, 1.807) is 11.3 Å². The number of benzene rings is 1. The van der Waals surface area contributed by atoms with Crippen molar-refractivity contribution in [3.05, 3.63) is 47.9 Å². The zero-order valence-electron chi connectivity index (χ0n) is 9.84. The number of aryl methyl sites for hydroxylation is 1. The number of nitrogen functional groups attached to an aromatic ring is 1. The Labute approximate surface area is 103 Å². The molecule has 2 heterocycles. The number of hydrogen-bond donors (Lipinski definition) is 2. The Morgan fingerprint density at radius 1 is 1.33 bits per heavy atom. The van der Waals surface area contributed by atoms with E-state index in [2.05, 4.69) is 10.4 Å². The number of hydrogen-bond acceptors (Lipinski definition) is 3. The lowest BCUT2D eigenvalue weighted by Gasteiger charge is -2.03. The molecule has 0 fully saturated rings. The van der Waals surface area contributed by atoms with E-state index in [9.17, 15) is 4.79 Å². The molecule has 1 aromatic carbocycles. The molecule has 0 saturated carbocycles. The van der Waals surface area contributed by atoms with E-state index in [0.717, 1.165) is 16.4 Å². The van der Waals surface area contributed by atoms with E-state index >= 15 is 0 Å². The molecule has 0 aliphatic heterocycles. The Morgan fingerprint density at radius 2 is 2.11 bits per heavy atom. The summed E-state index contributed by atoms with van der Waals surface area (Å²) in [5, 5.41) is 2.11. The molecule has 3 rings (SSSR count). The third-order valence-corrected chi connectivity index (χ3v) is 3.04. The van der Waals surface area contributed by atoms with Gasteiger partial charge in [0.2, 0.25) is 0 Å². The van der Waals surface area contributed by atoms with E-state index < -0.39 is 0 Å². The normalized spacial score (nSPS) is 11.0. The second-order valence-corrected chi connectivity index (χ2v) is 4.12. The Kier molecular flexibility index (Phi) is 2.28. The van der Waals surface area contributed by atoms with Gasteiger partial charge in [-0.25, -0.2) is 10.8 Å². The molecule has 0 spiro atoms. The third-order valence-electron chi connectivity index (χ3n) is 3.04. The van der Waals surface area contributed by atoms with Crippen LogP contribution >= 0.6 is 0 Å². The van der Waals surface area contributed by atoms with Gasteiger partial charge in [-0.15, -0.1) is 0 Å². The average molecular weight is 240 g/mol. The van der Waals surface area contributed by atoms with Crippen molar-refractivity contribution in [3.63, 3.8) is 0 Å². The lowest BCUT2D eigenvalue weighted by Crippen LogP contribution is -2.31. The van der Waals surface area contributed by atoms with Crippen LogP contribution in [0.2, 0.25) is 0 Å². The number of nitrogens with two attached hydrogens (primary N) is 1. The summed E-state index contributed by atoms with van der Waals surface area (Å²) in [6.07, 6.45) is 1.84. The molecule has 3 aromatic rings. The SMILES string of the molecule is Cc1nc2c3ccccc3ccn2c1C(=O)NN. The smallest absolute Gasteiger partial charge is 0.284 e. The fourth-order valence-corrected chi connectivity index (χ4v) is 2.22. The van der Waals surface area contributed by atoms with Gasteiger partial charge in [0.1, 0.15) is 11.3 Å². The molecule has 0 radical (unpaired) electrons. The zero-order chi connectivity index (χ0) is 12.7. The van der Waals surface area contributed by atoms with Gasteiger partial charge in [0, 0.05) is 11.6 Å². The minimum atomic E-state index is -0.338. The van der Waals surface area contributed by atoms with Crippen molar-refractivity contribution in [2.24, 2.45) is 5.84 Å². The van der Waals surface area contributed by atoms with Gasteiger partial charge in [-0.1, -0.05) is 24.3 Å². The van der Waals surface area contributed by atoms with Crippen LogP contribution in [0.1, 0.15) is 16.2 Å². The fourth-order valence-electron chi connectivity index (χ4n) is 2.22. The summed E-state index contributed by atoms with van der Waals surface area (Å²) in [6.45, 7) is 1.80. The summed E-state index contributed by atoms with van der Waals surface area (Å²) in [5.41, 5.74) is 4.05. The van der Waals surface area contributed by atoms with Crippen molar-refractivity contribution in [3.8, 4) is 0 Å². The second-order valence-electron chi connectivity index (χ2n) is 4.12. The molecule has 0 aliphatic rings. The van der Waals surface area contributed by atoms with Crippen molar-refractivity contribution >= 4 is 22.3 Å². The van der Waals surface area contributed by atoms with Gasteiger partial charge in [0.25, 0.3) is 5.91 Å². The van der Waals surface area contributed by atoms with Crippen LogP contribution in [-0.2, 0) is 0 Å². The van der Waals surface area contributed by atoms with Gasteiger partial charge in [0.15, 0.2) is 0 Å². The molecule has 0 unspecified atom stereocenters. The molecule has 0 atom stereocenters. The van der Waals surface area contributed by atoms with E-state index in [-0.39, 0.29) is 5.91 Å². The maximum atomic E-state index is 11.7. The lowest BCUT2D eigenvalue weighted by molar-refractivity contribution is 0.0947. The van der Waals surface area contributed by atoms with Gasteiger partial charge in [-0.2, -0.15) is 0 Å². The summed E-state index contributed by atoms with van der Waals surface area (Å²) in [6, 6.07) is 9.89. The highest BCUT2D eigenvalue weighted by molar-refractivity contribution is 5.99. The number of carbonyl (C=O) groups is 1. The van der Waals surface area contributed by atoms with Gasteiger partial charge in [0.05, 0.1) is 5.69 Å². The first kappa shape index (κ1) is 10.7. The minimum absolute atomic E-state index is 0.338. The molecule has 18 heavy (non-hydrogen) atoms. The Hall–Kier alpha value is -2.40. The van der Waals surface area contributed by atoms with Crippen LogP contribution in [0, 0.1) is 6.92 Å². The molecule has 0 saturated heterocycles. The van der Waals surface area contributed by atoms with Crippen LogP contribution in [0.15, 0.2) is 36.5 Å². The number of carbonyl (C=O) groups excluding carboxylic acids is 1. The van der Waals surface area contributed by atoms with Crippen molar-refractivity contribution in [1.29, 1.82) is 0 Å². The fraction of sp³-hybridized carbons (Fsp3) is 0.0769. The van der Waals surface area contributed by atoms with E-state index in [1.165, 1.54) is 0 Å². The molecular formula is C13H12N4O. The topological polar surface area (TPSA) is 72.4 Å². The van der Waals surface area contributed by atoms with Crippen LogP contribution < -0.4 is 11.3 Å². The lowest BCUT2D eigenvalue weighted by atomic mass is 10.2. The highest BCUT2D eigenvalue weighted by Gasteiger charge is 2.16. The van der Waals surface area contributed by atoms with E-state index in [0.29, 0.717) is 11.4 Å². The van der Waals surface area contributed by atoms with Gasteiger partial charge >= 0.3 is 0 Å². The standard InChI is InChI=1S/C13H12N4O/c1-8-11(13(18)16-14)17-7-6-9-4-2-3-5-10(9)12(17)15-8/h2-7H,14H2,1H3,(H,16,18). The van der Waals surface area contributed by atoms with Crippen LogP contribution in [0.5, 0.6) is 0 Å². The number of nitrogens with zero attached hydrogens (tertiary/aromatic N) is 2. The maximum absolute atomic E-state index is 11.7. The van der Waals surface area contributed by atoms with Crippen LogP contribution in [0.25, 0.3) is 16.4 Å². The monoisotopic (exact) mass is 240 g/mol. The van der Waals surface area contributed by atoms with E-state index in [4.69, 9.17) is 5.84 Å². The van der Waals surface area contributed by atoms with Crippen molar-refractivity contribution in [2.45, 2.75) is 6.92 Å². The number of aromatic nitrogens is 2. The summed E-state index contributed by atoms with van der Waals surface area (Å²) >= 11 is 0. The maximum Gasteiger partial charge on any atom is 0.284 e. The average Bonchev–Trinajstić information content (AvgIpc) is 2.74. The molecule has 0 aliphatic carbocycles. The molecule has 2 aromatic heterocycles. The molecule has 3 N–H and O–H groups in total. The summed E-state index contributed by atoms with van der Waals surface area (Å²) < 4.78 is 1.76. The minimum Gasteiger partial charge on any atom is -0.295 e. The Balaban J connectivity index is 2.44. The number of rotatable bonds is 1. The van der Waals surface area contributed by atoms with Crippen LogP contribution in [-0.4, -0.2) is 15.3 Å². The first-order valence-corrected chi connectivity index (χ1v) is 5.59. The summed E-state index contributed by atoms with van der Waals surface area (Å²) in [4.78, 5) is 16.2. The Bertz CT molecular complexity index is 760. The molecule has 5 heteroatoms. The number of amides is 1.